The molecule has 1 aliphatic heterocycles. The molecule has 0 amide bonds. The number of aliphatic hydroxyl groups excluding tert-OH is 1. The van der Waals surface area contributed by atoms with Gasteiger partial charge < -0.3 is 19.5 Å². The number of carboxylic acids is 1. The van der Waals surface area contributed by atoms with E-state index in [4.69, 9.17) is 4.74 Å². The maximum absolute atomic E-state index is 11.4. The maximum atomic E-state index is 11.4. The van der Waals surface area contributed by atoms with Crippen LogP contribution in [0.3, 0.4) is 0 Å². The highest BCUT2D eigenvalue weighted by Crippen LogP contribution is 2.33. The molecule has 1 aromatic heterocycles. The van der Waals surface area contributed by atoms with Gasteiger partial charge in [-0.25, -0.2) is 9.78 Å². The van der Waals surface area contributed by atoms with Gasteiger partial charge in [0.25, 0.3) is 0 Å². The Labute approximate surface area is 121 Å². The second-order valence-corrected chi connectivity index (χ2v) is 5.03. The standard InChI is InChI=1S/C15H16N2O4/c1-21-12-5-3-2-4-10(12)14-16-13(15(19)20)11-8-9(18)6-7-17(11)14/h2-5,9,18H,6-8H2,1H3,(H,19,20). The highest BCUT2D eigenvalue weighted by atomic mass is 16.5. The second-order valence-electron chi connectivity index (χ2n) is 5.03. The average Bonchev–Trinajstić information content (AvgIpc) is 2.85. The average molecular weight is 288 g/mol. The number of imidazole rings is 1. The monoisotopic (exact) mass is 288 g/mol. The minimum atomic E-state index is -1.08. The van der Waals surface area contributed by atoms with Crippen LogP contribution in [-0.2, 0) is 13.0 Å². The summed E-state index contributed by atoms with van der Waals surface area (Å²) in [6.07, 6.45) is 0.381. The minimum Gasteiger partial charge on any atom is -0.496 e. The zero-order valence-electron chi connectivity index (χ0n) is 11.6. The number of aromatic nitrogens is 2. The summed E-state index contributed by atoms with van der Waals surface area (Å²) in [5, 5.41) is 19.1. The normalized spacial score (nSPS) is 17.3. The number of hydrogen-bond acceptors (Lipinski definition) is 4. The first-order valence-corrected chi connectivity index (χ1v) is 6.76. The summed E-state index contributed by atoms with van der Waals surface area (Å²) < 4.78 is 7.20. The molecule has 0 radical (unpaired) electrons. The van der Waals surface area contributed by atoms with Crippen molar-refractivity contribution in [2.45, 2.75) is 25.5 Å². The van der Waals surface area contributed by atoms with Crippen molar-refractivity contribution in [2.24, 2.45) is 0 Å². The van der Waals surface area contributed by atoms with Crippen molar-refractivity contribution in [3.63, 3.8) is 0 Å². The largest absolute Gasteiger partial charge is 0.496 e. The number of ether oxygens (including phenoxy) is 1. The molecule has 2 N–H and O–H groups in total. The lowest BCUT2D eigenvalue weighted by molar-refractivity contribution is 0.0687. The van der Waals surface area contributed by atoms with Gasteiger partial charge in [-0.2, -0.15) is 0 Å². The van der Waals surface area contributed by atoms with Crippen molar-refractivity contribution in [3.05, 3.63) is 35.7 Å². The van der Waals surface area contributed by atoms with E-state index in [0.717, 1.165) is 5.56 Å². The van der Waals surface area contributed by atoms with E-state index in [-0.39, 0.29) is 5.69 Å². The van der Waals surface area contributed by atoms with Gasteiger partial charge in [-0.15, -0.1) is 0 Å². The molecule has 1 aliphatic rings. The summed E-state index contributed by atoms with van der Waals surface area (Å²) in [6, 6.07) is 7.38. The molecule has 0 aliphatic carbocycles. The number of para-hydroxylation sites is 1. The summed E-state index contributed by atoms with van der Waals surface area (Å²) in [5.41, 5.74) is 1.34. The number of nitrogens with zero attached hydrogens (tertiary/aromatic N) is 2. The molecule has 6 nitrogen and oxygen atoms in total. The molecule has 3 rings (SSSR count). The molecule has 0 bridgehead atoms. The van der Waals surface area contributed by atoms with Gasteiger partial charge in [0, 0.05) is 13.0 Å². The first-order chi connectivity index (χ1) is 10.1. The molecule has 110 valence electrons. The van der Waals surface area contributed by atoms with E-state index in [1.54, 1.807) is 7.11 Å². The van der Waals surface area contributed by atoms with E-state index in [1.807, 2.05) is 28.8 Å². The lowest BCUT2D eigenvalue weighted by atomic mass is 10.0. The van der Waals surface area contributed by atoms with Gasteiger partial charge in [-0.3, -0.25) is 0 Å². The zero-order valence-corrected chi connectivity index (χ0v) is 11.6. The van der Waals surface area contributed by atoms with Gasteiger partial charge in [-0.05, 0) is 18.6 Å². The first kappa shape index (κ1) is 13.6. The summed E-state index contributed by atoms with van der Waals surface area (Å²) >= 11 is 0. The molecule has 2 heterocycles. The van der Waals surface area contributed by atoms with Crippen LogP contribution in [0.1, 0.15) is 22.6 Å². The minimum absolute atomic E-state index is 0.00894. The third kappa shape index (κ3) is 2.27. The Morgan fingerprint density at radius 2 is 2.19 bits per heavy atom. The summed E-state index contributed by atoms with van der Waals surface area (Å²) in [6.45, 7) is 0.546. The van der Waals surface area contributed by atoms with E-state index in [9.17, 15) is 15.0 Å². The SMILES string of the molecule is COc1ccccc1-c1nc(C(=O)O)c2n1CCC(O)C2. The number of rotatable bonds is 3. The molecule has 0 saturated carbocycles. The number of hydrogen-bond donors (Lipinski definition) is 2. The summed E-state index contributed by atoms with van der Waals surface area (Å²) in [4.78, 5) is 15.7. The fourth-order valence-electron chi connectivity index (χ4n) is 2.74. The molecule has 1 unspecified atom stereocenters. The van der Waals surface area contributed by atoms with Crippen molar-refractivity contribution >= 4 is 5.97 Å². The number of aromatic carboxylic acids is 1. The van der Waals surface area contributed by atoms with Crippen LogP contribution in [0.15, 0.2) is 24.3 Å². The Morgan fingerprint density at radius 3 is 2.90 bits per heavy atom. The Morgan fingerprint density at radius 1 is 1.43 bits per heavy atom. The maximum Gasteiger partial charge on any atom is 0.356 e. The third-order valence-electron chi connectivity index (χ3n) is 3.74. The van der Waals surface area contributed by atoms with Gasteiger partial charge in [0.2, 0.25) is 0 Å². The Hall–Kier alpha value is -2.34. The predicted octanol–water partition coefficient (Wildman–Crippen LogP) is 1.56. The van der Waals surface area contributed by atoms with Gasteiger partial charge in [-0.1, -0.05) is 12.1 Å². The van der Waals surface area contributed by atoms with Crippen molar-refractivity contribution in [1.29, 1.82) is 0 Å². The molecule has 1 aromatic carbocycles. The van der Waals surface area contributed by atoms with Crippen LogP contribution in [0.25, 0.3) is 11.4 Å². The van der Waals surface area contributed by atoms with E-state index in [2.05, 4.69) is 4.98 Å². The van der Waals surface area contributed by atoms with E-state index < -0.39 is 12.1 Å². The highest BCUT2D eigenvalue weighted by molar-refractivity contribution is 5.88. The van der Waals surface area contributed by atoms with Gasteiger partial charge >= 0.3 is 5.97 Å². The molecular weight excluding hydrogens is 272 g/mol. The molecule has 2 aromatic rings. The van der Waals surface area contributed by atoms with Crippen molar-refractivity contribution in [1.82, 2.24) is 9.55 Å². The molecule has 1 atom stereocenters. The van der Waals surface area contributed by atoms with Crippen LogP contribution in [0.2, 0.25) is 0 Å². The fraction of sp³-hybridized carbons (Fsp3) is 0.333. The molecule has 6 heteroatoms. The number of aliphatic hydroxyl groups is 1. The zero-order chi connectivity index (χ0) is 15.0. The Bertz CT molecular complexity index is 693. The Kier molecular flexibility index (Phi) is 3.39. The van der Waals surface area contributed by atoms with Crippen LogP contribution < -0.4 is 4.74 Å². The summed E-state index contributed by atoms with van der Waals surface area (Å²) in [7, 11) is 1.57. The van der Waals surface area contributed by atoms with Crippen LogP contribution in [0.5, 0.6) is 5.75 Å². The van der Waals surface area contributed by atoms with Crippen molar-refractivity contribution in [3.8, 4) is 17.1 Å². The molecule has 0 saturated heterocycles. The Balaban J connectivity index is 2.20. The second kappa shape index (κ2) is 5.21. The van der Waals surface area contributed by atoms with Crippen LogP contribution in [0, 0.1) is 0 Å². The van der Waals surface area contributed by atoms with E-state index in [0.29, 0.717) is 36.7 Å². The molecule has 0 spiro atoms. The lowest BCUT2D eigenvalue weighted by Crippen LogP contribution is -2.24. The van der Waals surface area contributed by atoms with E-state index in [1.165, 1.54) is 0 Å². The topological polar surface area (TPSA) is 84.6 Å². The van der Waals surface area contributed by atoms with Crippen molar-refractivity contribution in [2.75, 3.05) is 7.11 Å². The highest BCUT2D eigenvalue weighted by Gasteiger charge is 2.28. The molecular formula is C15H16N2O4. The van der Waals surface area contributed by atoms with Gasteiger partial charge in [0.05, 0.1) is 24.5 Å². The van der Waals surface area contributed by atoms with Gasteiger partial charge in [0.15, 0.2) is 5.69 Å². The number of fused-ring (bicyclic) bond motifs is 1. The number of methoxy groups -OCH3 is 1. The number of benzene rings is 1. The lowest BCUT2D eigenvalue weighted by Gasteiger charge is -2.21. The molecule has 0 fully saturated rings. The smallest absolute Gasteiger partial charge is 0.356 e. The number of carbonyl (C=O) groups is 1. The molecule has 21 heavy (non-hydrogen) atoms. The number of carboxylic acid groups (broad SMARTS) is 1. The van der Waals surface area contributed by atoms with Crippen molar-refractivity contribution < 1.29 is 19.7 Å². The summed E-state index contributed by atoms with van der Waals surface area (Å²) in [5.74, 6) is 0.147. The van der Waals surface area contributed by atoms with Gasteiger partial charge in [0.1, 0.15) is 11.6 Å². The van der Waals surface area contributed by atoms with Crippen LogP contribution in [0.4, 0.5) is 0 Å². The van der Waals surface area contributed by atoms with E-state index >= 15 is 0 Å². The quantitative estimate of drug-likeness (QED) is 0.895. The van der Waals surface area contributed by atoms with Crippen LogP contribution in [-0.4, -0.2) is 38.9 Å². The van der Waals surface area contributed by atoms with Crippen LogP contribution >= 0.6 is 0 Å². The predicted molar refractivity (Wildman–Crippen MR) is 75.5 cm³/mol. The third-order valence-corrected chi connectivity index (χ3v) is 3.74. The fourth-order valence-corrected chi connectivity index (χ4v) is 2.74. The first-order valence-electron chi connectivity index (χ1n) is 6.76.